The van der Waals surface area contributed by atoms with Gasteiger partial charge in [-0.05, 0) is 46.7 Å². The molecule has 0 heterocycles. The summed E-state index contributed by atoms with van der Waals surface area (Å²) in [6.07, 6.45) is -2.03. The first-order valence-electron chi connectivity index (χ1n) is 11.1. The number of amides is 1. The lowest BCUT2D eigenvalue weighted by Crippen LogP contribution is -2.31. The number of carboxylic acid groups (broad SMARTS) is 1. The molecule has 33 heavy (non-hydrogen) atoms. The molecule has 0 aliphatic rings. The Morgan fingerprint density at radius 1 is 0.970 bits per heavy atom. The van der Waals surface area contributed by atoms with Gasteiger partial charge in [-0.2, -0.15) is 13.2 Å². The first kappa shape index (κ1) is 26.4. The third-order valence-corrected chi connectivity index (χ3v) is 5.93. The molecule has 2 atom stereocenters. The number of carbonyl (C=O) groups is 2. The van der Waals surface area contributed by atoms with Gasteiger partial charge in [0, 0.05) is 5.92 Å². The maximum atomic E-state index is 13.9. The van der Waals surface area contributed by atoms with Gasteiger partial charge in [-0.3, -0.25) is 4.79 Å². The number of rotatable bonds is 9. The van der Waals surface area contributed by atoms with Crippen molar-refractivity contribution in [3.63, 3.8) is 0 Å². The molecule has 180 valence electrons. The van der Waals surface area contributed by atoms with Gasteiger partial charge in [0.2, 0.25) is 5.91 Å². The van der Waals surface area contributed by atoms with Crippen LogP contribution < -0.4 is 5.73 Å². The monoisotopic (exact) mass is 463 g/mol. The zero-order valence-corrected chi connectivity index (χ0v) is 19.5. The summed E-state index contributed by atoms with van der Waals surface area (Å²) < 4.78 is 41.7. The van der Waals surface area contributed by atoms with Crippen molar-refractivity contribution >= 4 is 11.9 Å². The van der Waals surface area contributed by atoms with Crippen molar-refractivity contribution in [2.24, 2.45) is 5.73 Å². The molecule has 0 saturated heterocycles. The van der Waals surface area contributed by atoms with Crippen molar-refractivity contribution < 1.29 is 27.9 Å². The lowest BCUT2D eigenvalue weighted by atomic mass is 9.71. The number of unbranched alkanes of at least 4 members (excludes halogenated alkanes) is 2. The number of halogens is 3. The Kier molecular flexibility index (Phi) is 8.33. The fraction of sp³-hybridized carbons (Fsp3) is 0.462. The van der Waals surface area contributed by atoms with Crippen LogP contribution in [0, 0.1) is 0 Å². The van der Waals surface area contributed by atoms with Crippen LogP contribution in [0.1, 0.15) is 97.8 Å². The highest BCUT2D eigenvalue weighted by atomic mass is 19.4. The molecule has 2 aromatic rings. The first-order valence-corrected chi connectivity index (χ1v) is 11.1. The minimum absolute atomic E-state index is 0.00508. The number of hydrogen-bond donors (Lipinski definition) is 2. The topological polar surface area (TPSA) is 80.4 Å². The molecular formula is C26H32F3NO3. The lowest BCUT2D eigenvalue weighted by molar-refractivity contribution is -0.138. The second kappa shape index (κ2) is 10.4. The Labute approximate surface area is 193 Å². The van der Waals surface area contributed by atoms with E-state index in [1.807, 2.05) is 27.7 Å². The highest BCUT2D eigenvalue weighted by Crippen LogP contribution is 2.45. The quantitative estimate of drug-likeness (QED) is 0.409. The van der Waals surface area contributed by atoms with E-state index in [0.29, 0.717) is 24.0 Å². The van der Waals surface area contributed by atoms with Crippen LogP contribution in [0.5, 0.6) is 0 Å². The molecule has 2 rings (SSSR count). The van der Waals surface area contributed by atoms with Crippen molar-refractivity contribution in [2.75, 3.05) is 0 Å². The maximum Gasteiger partial charge on any atom is 0.416 e. The van der Waals surface area contributed by atoms with Crippen LogP contribution in [-0.4, -0.2) is 17.0 Å². The fourth-order valence-electron chi connectivity index (χ4n) is 4.40. The number of aromatic carboxylic acids is 1. The van der Waals surface area contributed by atoms with E-state index in [9.17, 15) is 27.9 Å². The van der Waals surface area contributed by atoms with Gasteiger partial charge in [-0.25, -0.2) is 4.79 Å². The number of carboxylic acids is 1. The molecule has 0 aromatic heterocycles. The lowest BCUT2D eigenvalue weighted by Gasteiger charge is -2.32. The van der Waals surface area contributed by atoms with Crippen molar-refractivity contribution in [3.8, 4) is 0 Å². The summed E-state index contributed by atoms with van der Waals surface area (Å²) >= 11 is 0. The molecule has 1 amide bonds. The highest BCUT2D eigenvalue weighted by Gasteiger charge is 2.40. The van der Waals surface area contributed by atoms with Gasteiger partial charge in [0.25, 0.3) is 0 Å². The summed E-state index contributed by atoms with van der Waals surface area (Å²) in [5.74, 6) is -3.92. The van der Waals surface area contributed by atoms with Gasteiger partial charge >= 0.3 is 12.1 Å². The Bertz CT molecular complexity index is 993. The van der Waals surface area contributed by atoms with Gasteiger partial charge in [0.05, 0.1) is 17.0 Å². The largest absolute Gasteiger partial charge is 0.478 e. The van der Waals surface area contributed by atoms with Crippen molar-refractivity contribution in [3.05, 3.63) is 70.3 Å². The summed E-state index contributed by atoms with van der Waals surface area (Å²) in [7, 11) is 0. The second-order valence-corrected chi connectivity index (χ2v) is 9.42. The average Bonchev–Trinajstić information content (AvgIpc) is 2.71. The predicted octanol–water partition coefficient (Wildman–Crippen LogP) is 6.63. The van der Waals surface area contributed by atoms with Crippen LogP contribution in [0.25, 0.3) is 0 Å². The van der Waals surface area contributed by atoms with E-state index in [4.69, 9.17) is 5.73 Å². The molecule has 0 aliphatic heterocycles. The normalized spacial score (nSPS) is 14.0. The molecule has 0 radical (unpaired) electrons. The summed E-state index contributed by atoms with van der Waals surface area (Å²) in [4.78, 5) is 24.5. The SMILES string of the molecule is CCCCCC(c1ccccc1C(F)(F)F)C(C(N)=O)c1cc(C(=O)O)ccc1C(C)(C)C. The van der Waals surface area contributed by atoms with E-state index >= 15 is 0 Å². The van der Waals surface area contributed by atoms with Crippen molar-refractivity contribution in [1.82, 2.24) is 0 Å². The molecule has 7 heteroatoms. The second-order valence-electron chi connectivity index (χ2n) is 9.42. The Balaban J connectivity index is 2.82. The van der Waals surface area contributed by atoms with E-state index in [1.165, 1.54) is 30.3 Å². The number of carbonyl (C=O) groups excluding carboxylic acids is 1. The van der Waals surface area contributed by atoms with Crippen LogP contribution in [0.3, 0.4) is 0 Å². The molecule has 4 nitrogen and oxygen atoms in total. The van der Waals surface area contributed by atoms with Gasteiger partial charge in [0.1, 0.15) is 0 Å². The van der Waals surface area contributed by atoms with Gasteiger partial charge in [-0.15, -0.1) is 0 Å². The van der Waals surface area contributed by atoms with Gasteiger partial charge in [-0.1, -0.05) is 71.2 Å². The highest BCUT2D eigenvalue weighted by molar-refractivity contribution is 5.90. The molecule has 0 spiro atoms. The number of nitrogens with two attached hydrogens (primary N) is 1. The summed E-state index contributed by atoms with van der Waals surface area (Å²) in [5.41, 5.74) is 5.57. The third-order valence-electron chi connectivity index (χ3n) is 5.93. The number of primary amides is 1. The summed E-state index contributed by atoms with van der Waals surface area (Å²) in [5, 5.41) is 9.54. The molecule has 3 N–H and O–H groups in total. The average molecular weight is 464 g/mol. The van der Waals surface area contributed by atoms with E-state index in [-0.39, 0.29) is 11.1 Å². The zero-order chi connectivity index (χ0) is 25.0. The van der Waals surface area contributed by atoms with Crippen LogP contribution in [0.4, 0.5) is 13.2 Å². The molecule has 0 bridgehead atoms. The van der Waals surface area contributed by atoms with E-state index in [1.54, 1.807) is 6.07 Å². The molecular weight excluding hydrogens is 431 g/mol. The Hall–Kier alpha value is -2.83. The maximum absolute atomic E-state index is 13.9. The van der Waals surface area contributed by atoms with Crippen molar-refractivity contribution in [1.29, 1.82) is 0 Å². The van der Waals surface area contributed by atoms with Crippen molar-refractivity contribution in [2.45, 2.75) is 76.8 Å². The fourth-order valence-corrected chi connectivity index (χ4v) is 4.40. The van der Waals surface area contributed by atoms with E-state index in [2.05, 4.69) is 0 Å². The van der Waals surface area contributed by atoms with Gasteiger partial charge < -0.3 is 10.8 Å². The van der Waals surface area contributed by atoms with Crippen LogP contribution >= 0.6 is 0 Å². The smallest absolute Gasteiger partial charge is 0.416 e. The summed E-state index contributed by atoms with van der Waals surface area (Å²) in [6, 6.07) is 9.72. The minimum Gasteiger partial charge on any atom is -0.478 e. The van der Waals surface area contributed by atoms with Crippen LogP contribution in [-0.2, 0) is 16.4 Å². The minimum atomic E-state index is -4.60. The number of alkyl halides is 3. The van der Waals surface area contributed by atoms with E-state index in [0.717, 1.165) is 18.9 Å². The number of benzene rings is 2. The molecule has 2 aromatic carbocycles. The van der Waals surface area contributed by atoms with Crippen LogP contribution in [0.15, 0.2) is 42.5 Å². The zero-order valence-electron chi connectivity index (χ0n) is 19.5. The third kappa shape index (κ3) is 6.36. The Morgan fingerprint density at radius 3 is 2.12 bits per heavy atom. The standard InChI is InChI=1S/C26H32F3NO3/c1-5-6-7-11-18(17-10-8-9-12-21(17)26(27,28)29)22(23(30)31)19-15-16(24(32)33)13-14-20(19)25(2,3)4/h8-10,12-15,18,22H,5-7,11H2,1-4H3,(H2,30,31)(H,32,33). The Morgan fingerprint density at radius 2 is 1.61 bits per heavy atom. The van der Waals surface area contributed by atoms with Crippen LogP contribution in [0.2, 0.25) is 0 Å². The molecule has 0 fully saturated rings. The predicted molar refractivity (Wildman–Crippen MR) is 122 cm³/mol. The van der Waals surface area contributed by atoms with E-state index < -0.39 is 40.9 Å². The number of hydrogen-bond acceptors (Lipinski definition) is 2. The molecule has 2 unspecified atom stereocenters. The summed E-state index contributed by atoms with van der Waals surface area (Å²) in [6.45, 7) is 7.69. The first-order chi connectivity index (χ1) is 15.3. The van der Waals surface area contributed by atoms with Gasteiger partial charge in [0.15, 0.2) is 0 Å². The molecule has 0 aliphatic carbocycles. The molecule has 0 saturated carbocycles.